The third-order valence-electron chi connectivity index (χ3n) is 3.79. The zero-order chi connectivity index (χ0) is 17.8. The van der Waals surface area contributed by atoms with Crippen molar-refractivity contribution in [3.8, 4) is 17.1 Å². The topological polar surface area (TPSA) is 77.3 Å². The summed E-state index contributed by atoms with van der Waals surface area (Å²) < 4.78 is 10.6. The molecule has 0 aliphatic carbocycles. The number of hydrogen-bond acceptors (Lipinski definition) is 5. The Kier molecular flexibility index (Phi) is 4.79. The fourth-order valence-corrected chi connectivity index (χ4v) is 2.48. The summed E-state index contributed by atoms with van der Waals surface area (Å²) in [5, 5.41) is 6.86. The van der Waals surface area contributed by atoms with E-state index in [1.165, 1.54) is 0 Å². The zero-order valence-corrected chi connectivity index (χ0v) is 14.3. The highest BCUT2D eigenvalue weighted by Gasteiger charge is 2.19. The number of nitrogens with zero attached hydrogens (tertiary/aromatic N) is 2. The number of carbonyl (C=O) groups excluding carboxylic acids is 1. The molecular weight excluding hydrogens is 318 g/mol. The molecule has 1 amide bonds. The van der Waals surface area contributed by atoms with Crippen LogP contribution in [0.3, 0.4) is 0 Å². The fourth-order valence-electron chi connectivity index (χ4n) is 2.48. The van der Waals surface area contributed by atoms with E-state index in [1.54, 1.807) is 20.1 Å². The molecule has 1 heterocycles. The van der Waals surface area contributed by atoms with Crippen LogP contribution in [0.4, 0.5) is 0 Å². The molecule has 1 unspecified atom stereocenters. The van der Waals surface area contributed by atoms with Crippen molar-refractivity contribution < 1.29 is 14.1 Å². The first kappa shape index (κ1) is 16.7. The lowest BCUT2D eigenvalue weighted by atomic mass is 10.1. The molecule has 1 aromatic heterocycles. The van der Waals surface area contributed by atoms with E-state index in [-0.39, 0.29) is 5.91 Å². The van der Waals surface area contributed by atoms with Crippen LogP contribution in [0.2, 0.25) is 0 Å². The average molecular weight is 337 g/mol. The minimum absolute atomic E-state index is 0.187. The van der Waals surface area contributed by atoms with E-state index in [2.05, 4.69) is 15.5 Å². The highest BCUT2D eigenvalue weighted by molar-refractivity contribution is 5.94. The van der Waals surface area contributed by atoms with E-state index >= 15 is 0 Å². The molecule has 0 radical (unpaired) electrons. The number of para-hydroxylation sites is 1. The van der Waals surface area contributed by atoms with Gasteiger partial charge in [0, 0.05) is 5.56 Å². The van der Waals surface area contributed by atoms with Crippen LogP contribution in [0, 0.1) is 6.92 Å². The number of rotatable bonds is 5. The van der Waals surface area contributed by atoms with Crippen molar-refractivity contribution in [2.75, 3.05) is 7.11 Å². The van der Waals surface area contributed by atoms with Crippen LogP contribution >= 0.6 is 0 Å². The fraction of sp³-hybridized carbons (Fsp3) is 0.211. The number of benzene rings is 2. The normalized spacial score (nSPS) is 11.8. The third-order valence-corrected chi connectivity index (χ3v) is 3.79. The van der Waals surface area contributed by atoms with Crippen molar-refractivity contribution in [2.45, 2.75) is 19.9 Å². The monoisotopic (exact) mass is 337 g/mol. The predicted molar refractivity (Wildman–Crippen MR) is 93.3 cm³/mol. The lowest BCUT2D eigenvalue weighted by Gasteiger charge is -2.10. The lowest BCUT2D eigenvalue weighted by Crippen LogP contribution is -2.26. The lowest BCUT2D eigenvalue weighted by molar-refractivity contribution is 0.0932. The highest BCUT2D eigenvalue weighted by Crippen LogP contribution is 2.28. The van der Waals surface area contributed by atoms with Gasteiger partial charge in [-0.15, -0.1) is 0 Å². The van der Waals surface area contributed by atoms with Crippen molar-refractivity contribution in [3.05, 3.63) is 65.5 Å². The highest BCUT2D eigenvalue weighted by atomic mass is 16.5. The Morgan fingerprint density at radius 3 is 2.76 bits per heavy atom. The van der Waals surface area contributed by atoms with Gasteiger partial charge in [-0.3, -0.25) is 4.79 Å². The maximum atomic E-state index is 12.3. The summed E-state index contributed by atoms with van der Waals surface area (Å²) in [4.78, 5) is 16.7. The molecule has 6 heteroatoms. The van der Waals surface area contributed by atoms with Crippen molar-refractivity contribution >= 4 is 5.91 Å². The van der Waals surface area contributed by atoms with Gasteiger partial charge in [0.05, 0.1) is 12.7 Å². The Morgan fingerprint density at radius 2 is 2.00 bits per heavy atom. The van der Waals surface area contributed by atoms with Crippen LogP contribution in [0.15, 0.2) is 53.1 Å². The molecule has 0 fully saturated rings. The Morgan fingerprint density at radius 1 is 1.20 bits per heavy atom. The van der Waals surface area contributed by atoms with E-state index < -0.39 is 6.04 Å². The van der Waals surface area contributed by atoms with Gasteiger partial charge in [0.15, 0.2) is 0 Å². The summed E-state index contributed by atoms with van der Waals surface area (Å²) in [6.07, 6.45) is 0. The quantitative estimate of drug-likeness (QED) is 0.770. The van der Waals surface area contributed by atoms with Crippen molar-refractivity contribution in [1.29, 1.82) is 0 Å². The molecule has 0 aliphatic rings. The summed E-state index contributed by atoms with van der Waals surface area (Å²) in [5.74, 6) is 1.23. The average Bonchev–Trinajstić information content (AvgIpc) is 3.11. The number of amides is 1. The summed E-state index contributed by atoms with van der Waals surface area (Å²) in [6, 6.07) is 14.4. The maximum Gasteiger partial charge on any atom is 0.251 e. The number of ether oxygens (including phenoxy) is 1. The summed E-state index contributed by atoms with van der Waals surface area (Å²) >= 11 is 0. The number of nitrogens with one attached hydrogen (secondary N) is 1. The van der Waals surface area contributed by atoms with Gasteiger partial charge in [-0.1, -0.05) is 35.0 Å². The second-order valence-corrected chi connectivity index (χ2v) is 5.72. The molecular formula is C19H19N3O3. The maximum absolute atomic E-state index is 12.3. The van der Waals surface area contributed by atoms with Gasteiger partial charge in [0.1, 0.15) is 11.8 Å². The standard InChI is InChI=1S/C19H19N3O3/c1-12-7-6-8-14(11-12)18(23)20-13(2)19-21-17(22-25-19)15-9-4-5-10-16(15)24-3/h4-11,13H,1-3H3,(H,20,23). The molecule has 2 aromatic carbocycles. The van der Waals surface area contributed by atoms with Gasteiger partial charge in [0.25, 0.3) is 5.91 Å². The van der Waals surface area contributed by atoms with Gasteiger partial charge in [-0.05, 0) is 38.1 Å². The van der Waals surface area contributed by atoms with Crippen molar-refractivity contribution in [3.63, 3.8) is 0 Å². The molecule has 3 aromatic rings. The molecule has 1 atom stereocenters. The number of aromatic nitrogens is 2. The Bertz CT molecular complexity index is 889. The van der Waals surface area contributed by atoms with Crippen LogP contribution in [0.5, 0.6) is 5.75 Å². The Balaban J connectivity index is 1.77. The summed E-state index contributed by atoms with van der Waals surface area (Å²) in [6.45, 7) is 3.74. The van der Waals surface area contributed by atoms with Crippen LogP contribution in [-0.4, -0.2) is 23.2 Å². The zero-order valence-electron chi connectivity index (χ0n) is 14.3. The van der Waals surface area contributed by atoms with E-state index in [9.17, 15) is 4.79 Å². The largest absolute Gasteiger partial charge is 0.496 e. The minimum Gasteiger partial charge on any atom is -0.496 e. The second-order valence-electron chi connectivity index (χ2n) is 5.72. The predicted octanol–water partition coefficient (Wildman–Crippen LogP) is 3.54. The first-order valence-corrected chi connectivity index (χ1v) is 7.93. The summed E-state index contributed by atoms with van der Waals surface area (Å²) in [5.41, 5.74) is 2.35. The van der Waals surface area contributed by atoms with Gasteiger partial charge in [0.2, 0.25) is 11.7 Å². The van der Waals surface area contributed by atoms with Crippen molar-refractivity contribution in [1.82, 2.24) is 15.5 Å². The van der Waals surface area contributed by atoms with Gasteiger partial charge in [-0.25, -0.2) is 0 Å². The molecule has 0 bridgehead atoms. The molecule has 0 saturated carbocycles. The molecule has 6 nitrogen and oxygen atoms in total. The van der Waals surface area contributed by atoms with Crippen LogP contribution < -0.4 is 10.1 Å². The smallest absolute Gasteiger partial charge is 0.251 e. The molecule has 128 valence electrons. The van der Waals surface area contributed by atoms with Gasteiger partial charge >= 0.3 is 0 Å². The first-order valence-electron chi connectivity index (χ1n) is 7.93. The number of carbonyl (C=O) groups is 1. The number of hydrogen-bond donors (Lipinski definition) is 1. The SMILES string of the molecule is COc1ccccc1-c1noc(C(C)NC(=O)c2cccc(C)c2)n1. The van der Waals surface area contributed by atoms with E-state index in [1.807, 2.05) is 49.4 Å². The van der Waals surface area contributed by atoms with Crippen LogP contribution in [0.1, 0.15) is 34.8 Å². The minimum atomic E-state index is -0.413. The molecule has 1 N–H and O–H groups in total. The Hall–Kier alpha value is -3.15. The van der Waals surface area contributed by atoms with E-state index in [4.69, 9.17) is 9.26 Å². The molecule has 0 aliphatic heterocycles. The molecule has 25 heavy (non-hydrogen) atoms. The van der Waals surface area contributed by atoms with Gasteiger partial charge < -0.3 is 14.6 Å². The van der Waals surface area contributed by atoms with E-state index in [0.29, 0.717) is 23.0 Å². The van der Waals surface area contributed by atoms with Crippen LogP contribution in [0.25, 0.3) is 11.4 Å². The Labute approximate surface area is 145 Å². The number of methoxy groups -OCH3 is 1. The van der Waals surface area contributed by atoms with Crippen molar-refractivity contribution in [2.24, 2.45) is 0 Å². The first-order chi connectivity index (χ1) is 12.1. The third kappa shape index (κ3) is 3.68. The summed E-state index contributed by atoms with van der Waals surface area (Å²) in [7, 11) is 1.59. The number of aryl methyl sites for hydroxylation is 1. The second kappa shape index (κ2) is 7.17. The van der Waals surface area contributed by atoms with Gasteiger partial charge in [-0.2, -0.15) is 4.98 Å². The molecule has 0 saturated heterocycles. The molecule has 3 rings (SSSR count). The van der Waals surface area contributed by atoms with Crippen LogP contribution in [-0.2, 0) is 0 Å². The van der Waals surface area contributed by atoms with E-state index in [0.717, 1.165) is 11.1 Å². The molecule has 0 spiro atoms.